The maximum Gasteiger partial charge on any atom is 0.321 e. The Labute approximate surface area is 149 Å². The van der Waals surface area contributed by atoms with Gasteiger partial charge in [0.2, 0.25) is 21.5 Å². The molecule has 0 aliphatic heterocycles. The van der Waals surface area contributed by atoms with Crippen LogP contribution in [0.2, 0.25) is 0 Å². The van der Waals surface area contributed by atoms with Gasteiger partial charge in [-0.1, -0.05) is 0 Å². The lowest BCUT2D eigenvalue weighted by molar-refractivity contribution is -0.140. The van der Waals surface area contributed by atoms with E-state index in [-0.39, 0.29) is 29.5 Å². The summed E-state index contributed by atoms with van der Waals surface area (Å²) in [6.45, 7) is 2.32. The van der Waals surface area contributed by atoms with Gasteiger partial charge in [-0.05, 0) is 36.6 Å². The molecule has 1 aromatic carbocycles. The van der Waals surface area contributed by atoms with Gasteiger partial charge in [-0.2, -0.15) is 4.31 Å². The Balaban J connectivity index is 2.44. The third-order valence-corrected chi connectivity index (χ3v) is 5.76. The number of carboxylic acids is 1. The molecule has 0 fully saturated rings. The molecule has 0 aliphatic carbocycles. The fourth-order valence-corrected chi connectivity index (χ4v) is 4.04. The standard InChI is InChI=1S/C16H19N3O6S/c1-10(16(22)23)19(8-7-17-11(2)20)26(24,25)13-4-5-14-12(9-13)3-6-15(21)18-14/h3-6,9-10H,7-8H2,1-2H3,(H,17,20)(H,18,21)(H,22,23). The number of nitrogens with zero attached hydrogens (tertiary/aromatic N) is 1. The maximum atomic E-state index is 12.9. The minimum atomic E-state index is -4.14. The number of hydrogen-bond donors (Lipinski definition) is 3. The van der Waals surface area contributed by atoms with Gasteiger partial charge in [0.15, 0.2) is 0 Å². The second-order valence-electron chi connectivity index (χ2n) is 5.68. The summed E-state index contributed by atoms with van der Waals surface area (Å²) in [4.78, 5) is 36.1. The van der Waals surface area contributed by atoms with Gasteiger partial charge >= 0.3 is 5.97 Å². The lowest BCUT2D eigenvalue weighted by Crippen LogP contribution is -2.46. The molecule has 10 heteroatoms. The monoisotopic (exact) mass is 381 g/mol. The van der Waals surface area contributed by atoms with E-state index in [0.717, 1.165) is 4.31 Å². The SMILES string of the molecule is CC(=O)NCCN(C(C)C(=O)O)S(=O)(=O)c1ccc2[nH]c(=O)ccc2c1. The van der Waals surface area contributed by atoms with Crippen LogP contribution < -0.4 is 10.9 Å². The first-order chi connectivity index (χ1) is 12.1. The predicted molar refractivity (Wildman–Crippen MR) is 94.2 cm³/mol. The number of hydrogen-bond acceptors (Lipinski definition) is 5. The maximum absolute atomic E-state index is 12.9. The van der Waals surface area contributed by atoms with Crippen molar-refractivity contribution in [1.82, 2.24) is 14.6 Å². The molecule has 26 heavy (non-hydrogen) atoms. The van der Waals surface area contributed by atoms with Gasteiger partial charge < -0.3 is 15.4 Å². The van der Waals surface area contributed by atoms with Crippen LogP contribution >= 0.6 is 0 Å². The molecule has 1 heterocycles. The number of sulfonamides is 1. The number of amides is 1. The first kappa shape index (κ1) is 19.6. The highest BCUT2D eigenvalue weighted by atomic mass is 32.2. The molecule has 1 atom stereocenters. The summed E-state index contributed by atoms with van der Waals surface area (Å²) in [6, 6.07) is 5.54. The zero-order valence-corrected chi connectivity index (χ0v) is 15.0. The molecule has 0 bridgehead atoms. The molecule has 1 aromatic heterocycles. The molecule has 3 N–H and O–H groups in total. The van der Waals surface area contributed by atoms with E-state index < -0.39 is 22.0 Å². The highest BCUT2D eigenvalue weighted by Gasteiger charge is 2.32. The van der Waals surface area contributed by atoms with E-state index in [1.807, 2.05) is 0 Å². The molecular weight excluding hydrogens is 362 g/mol. The largest absolute Gasteiger partial charge is 0.480 e. The number of aromatic amines is 1. The van der Waals surface area contributed by atoms with Crippen molar-refractivity contribution in [2.24, 2.45) is 0 Å². The minimum absolute atomic E-state index is 0.0207. The van der Waals surface area contributed by atoms with Gasteiger partial charge in [0, 0.05) is 31.6 Å². The van der Waals surface area contributed by atoms with Gasteiger partial charge in [-0.25, -0.2) is 8.42 Å². The molecule has 0 saturated heterocycles. The van der Waals surface area contributed by atoms with Crippen LogP contribution in [0.1, 0.15) is 13.8 Å². The molecule has 9 nitrogen and oxygen atoms in total. The molecule has 140 valence electrons. The highest BCUT2D eigenvalue weighted by molar-refractivity contribution is 7.89. The second kappa shape index (κ2) is 7.67. The number of fused-ring (bicyclic) bond motifs is 1. The molecule has 2 rings (SSSR count). The second-order valence-corrected chi connectivity index (χ2v) is 7.58. The summed E-state index contributed by atoms with van der Waals surface area (Å²) in [7, 11) is -4.14. The summed E-state index contributed by atoms with van der Waals surface area (Å²) in [5.41, 5.74) is 0.150. The molecular formula is C16H19N3O6S. The number of aliphatic carboxylic acids is 1. The Morgan fingerprint density at radius 3 is 2.58 bits per heavy atom. The van der Waals surface area contributed by atoms with Crippen molar-refractivity contribution < 1.29 is 23.1 Å². The molecule has 2 aromatic rings. The summed E-state index contributed by atoms with van der Waals surface area (Å²) >= 11 is 0. The average molecular weight is 381 g/mol. The fourth-order valence-electron chi connectivity index (χ4n) is 2.42. The van der Waals surface area contributed by atoms with E-state index in [4.69, 9.17) is 0 Å². The van der Waals surface area contributed by atoms with Crippen molar-refractivity contribution in [3.63, 3.8) is 0 Å². The third kappa shape index (κ3) is 4.27. The Morgan fingerprint density at radius 1 is 1.27 bits per heavy atom. The quantitative estimate of drug-likeness (QED) is 0.623. The molecule has 0 radical (unpaired) electrons. The first-order valence-corrected chi connectivity index (χ1v) is 9.19. The van der Waals surface area contributed by atoms with Crippen molar-refractivity contribution in [1.29, 1.82) is 0 Å². The zero-order chi connectivity index (χ0) is 19.5. The van der Waals surface area contributed by atoms with Crippen molar-refractivity contribution >= 4 is 32.8 Å². The minimum Gasteiger partial charge on any atom is -0.480 e. The van der Waals surface area contributed by atoms with E-state index in [2.05, 4.69) is 10.3 Å². The molecule has 0 aliphatic rings. The lowest BCUT2D eigenvalue weighted by atomic mass is 10.2. The lowest BCUT2D eigenvalue weighted by Gasteiger charge is -2.26. The zero-order valence-electron chi connectivity index (χ0n) is 14.2. The molecule has 1 amide bonds. The predicted octanol–water partition coefficient (Wildman–Crippen LogP) is 0.128. The number of carbonyl (C=O) groups is 2. The third-order valence-electron chi connectivity index (χ3n) is 3.80. The Hall–Kier alpha value is -2.72. The van der Waals surface area contributed by atoms with Crippen LogP contribution in [0.3, 0.4) is 0 Å². The van der Waals surface area contributed by atoms with Crippen LogP contribution in [-0.4, -0.2) is 53.8 Å². The summed E-state index contributed by atoms with van der Waals surface area (Å²) < 4.78 is 26.7. The molecule has 1 unspecified atom stereocenters. The van der Waals surface area contributed by atoms with Gasteiger partial charge in [0.05, 0.1) is 4.90 Å². The molecule has 0 spiro atoms. The van der Waals surface area contributed by atoms with Crippen molar-refractivity contribution in [3.05, 3.63) is 40.7 Å². The number of H-pyrrole nitrogens is 1. The highest BCUT2D eigenvalue weighted by Crippen LogP contribution is 2.22. The fraction of sp³-hybridized carbons (Fsp3) is 0.312. The molecule has 0 saturated carbocycles. The Morgan fingerprint density at radius 2 is 1.96 bits per heavy atom. The van der Waals surface area contributed by atoms with Crippen LogP contribution in [0.15, 0.2) is 40.0 Å². The number of carboxylic acid groups (broad SMARTS) is 1. The van der Waals surface area contributed by atoms with Gasteiger partial charge in [0.25, 0.3) is 0 Å². The summed E-state index contributed by atoms with van der Waals surface area (Å²) in [6.07, 6.45) is 0. The first-order valence-electron chi connectivity index (χ1n) is 7.75. The van der Waals surface area contributed by atoms with E-state index in [0.29, 0.717) is 10.9 Å². The summed E-state index contributed by atoms with van der Waals surface area (Å²) in [5, 5.41) is 12.2. The van der Waals surface area contributed by atoms with E-state index in [1.165, 1.54) is 44.2 Å². The van der Waals surface area contributed by atoms with Gasteiger partial charge in [0.1, 0.15) is 6.04 Å². The smallest absolute Gasteiger partial charge is 0.321 e. The van der Waals surface area contributed by atoms with Crippen LogP contribution in [0.4, 0.5) is 0 Å². The number of aromatic nitrogens is 1. The van der Waals surface area contributed by atoms with Crippen LogP contribution in [0.25, 0.3) is 10.9 Å². The number of carbonyl (C=O) groups excluding carboxylic acids is 1. The van der Waals surface area contributed by atoms with Crippen LogP contribution in [-0.2, 0) is 19.6 Å². The van der Waals surface area contributed by atoms with Gasteiger partial charge in [-0.15, -0.1) is 0 Å². The van der Waals surface area contributed by atoms with Crippen molar-refractivity contribution in [2.45, 2.75) is 24.8 Å². The van der Waals surface area contributed by atoms with E-state index >= 15 is 0 Å². The number of rotatable bonds is 7. The van der Waals surface area contributed by atoms with Crippen molar-refractivity contribution in [3.8, 4) is 0 Å². The normalized spacial score (nSPS) is 12.9. The Kier molecular flexibility index (Phi) is 5.78. The van der Waals surface area contributed by atoms with Crippen molar-refractivity contribution in [2.75, 3.05) is 13.1 Å². The van der Waals surface area contributed by atoms with Crippen LogP contribution in [0.5, 0.6) is 0 Å². The number of nitrogens with one attached hydrogen (secondary N) is 2. The summed E-state index contributed by atoms with van der Waals surface area (Å²) in [5.74, 6) is -1.65. The topological polar surface area (TPSA) is 137 Å². The number of benzene rings is 1. The van der Waals surface area contributed by atoms with E-state index in [1.54, 1.807) is 0 Å². The van der Waals surface area contributed by atoms with E-state index in [9.17, 15) is 27.9 Å². The number of pyridine rings is 1. The van der Waals surface area contributed by atoms with Gasteiger partial charge in [-0.3, -0.25) is 14.4 Å². The Bertz CT molecular complexity index is 998. The van der Waals surface area contributed by atoms with Crippen LogP contribution in [0, 0.1) is 0 Å². The average Bonchev–Trinajstić information content (AvgIpc) is 2.57.